The molecule has 0 fully saturated rings. The molecule has 1 atom stereocenters. The van der Waals surface area contributed by atoms with E-state index in [9.17, 15) is 0 Å². The predicted octanol–water partition coefficient (Wildman–Crippen LogP) is 3.85. The first-order valence-corrected chi connectivity index (χ1v) is 6.83. The summed E-state index contributed by atoms with van der Waals surface area (Å²) in [5, 5.41) is 3.54. The molecule has 0 saturated carbocycles. The number of hydrogen-bond acceptors (Lipinski definition) is 2. The zero-order valence-electron chi connectivity index (χ0n) is 12.6. The number of aryl methyl sites for hydroxylation is 2. The molecule has 102 valence electrons. The summed E-state index contributed by atoms with van der Waals surface area (Å²) in [5.41, 5.74) is 2.59. The minimum Gasteiger partial charge on any atom is -0.489 e. The molecular weight excluding hydrogens is 222 g/mol. The van der Waals surface area contributed by atoms with Gasteiger partial charge in [-0.2, -0.15) is 0 Å². The second-order valence-electron chi connectivity index (χ2n) is 5.77. The molecule has 0 heterocycles. The average molecular weight is 249 g/mol. The van der Waals surface area contributed by atoms with Crippen LogP contribution in [-0.2, 0) is 0 Å². The zero-order valence-corrected chi connectivity index (χ0v) is 12.6. The second-order valence-corrected chi connectivity index (χ2v) is 5.77. The molecule has 0 saturated heterocycles. The topological polar surface area (TPSA) is 21.3 Å². The Bertz CT molecular complexity index is 364. The summed E-state index contributed by atoms with van der Waals surface area (Å²) < 4.78 is 6.05. The highest BCUT2D eigenvalue weighted by atomic mass is 16.5. The standard InChI is InChI=1S/C16H27NO/c1-7-16(5,6)17-11-14(4)18-15-12(2)9-8-10-13(15)3/h8-10,14,17H,7,11H2,1-6H3. The van der Waals surface area contributed by atoms with Gasteiger partial charge in [0.2, 0.25) is 0 Å². The van der Waals surface area contributed by atoms with E-state index in [1.807, 2.05) is 0 Å². The van der Waals surface area contributed by atoms with Crippen molar-refractivity contribution in [2.75, 3.05) is 6.54 Å². The van der Waals surface area contributed by atoms with Gasteiger partial charge in [-0.1, -0.05) is 25.1 Å². The van der Waals surface area contributed by atoms with Crippen molar-refractivity contribution in [1.29, 1.82) is 0 Å². The van der Waals surface area contributed by atoms with E-state index in [1.165, 1.54) is 11.1 Å². The molecule has 1 aromatic carbocycles. The smallest absolute Gasteiger partial charge is 0.125 e. The van der Waals surface area contributed by atoms with Gasteiger partial charge in [-0.25, -0.2) is 0 Å². The Morgan fingerprint density at radius 3 is 2.28 bits per heavy atom. The lowest BCUT2D eigenvalue weighted by Gasteiger charge is -2.27. The van der Waals surface area contributed by atoms with Gasteiger partial charge in [-0.15, -0.1) is 0 Å². The normalized spacial score (nSPS) is 13.4. The fourth-order valence-electron chi connectivity index (χ4n) is 1.77. The molecule has 0 aromatic heterocycles. The maximum atomic E-state index is 6.05. The fraction of sp³-hybridized carbons (Fsp3) is 0.625. The Balaban J connectivity index is 2.57. The zero-order chi connectivity index (χ0) is 13.8. The molecule has 1 rings (SSSR count). The summed E-state index contributed by atoms with van der Waals surface area (Å²) in [6, 6.07) is 6.26. The SMILES string of the molecule is CCC(C)(C)NCC(C)Oc1c(C)cccc1C. The van der Waals surface area contributed by atoms with Gasteiger partial charge < -0.3 is 10.1 Å². The van der Waals surface area contributed by atoms with Crippen molar-refractivity contribution in [3.05, 3.63) is 29.3 Å². The van der Waals surface area contributed by atoms with Crippen LogP contribution in [0.1, 0.15) is 45.2 Å². The van der Waals surface area contributed by atoms with Crippen molar-refractivity contribution >= 4 is 0 Å². The minimum absolute atomic E-state index is 0.177. The van der Waals surface area contributed by atoms with Crippen LogP contribution in [0.3, 0.4) is 0 Å². The van der Waals surface area contributed by atoms with Crippen LogP contribution in [0, 0.1) is 13.8 Å². The van der Waals surface area contributed by atoms with Crippen LogP contribution in [0.15, 0.2) is 18.2 Å². The molecule has 0 radical (unpaired) electrons. The van der Waals surface area contributed by atoms with Crippen LogP contribution in [0.2, 0.25) is 0 Å². The predicted molar refractivity (Wildman–Crippen MR) is 78.4 cm³/mol. The highest BCUT2D eigenvalue weighted by Gasteiger charge is 2.16. The van der Waals surface area contributed by atoms with E-state index < -0.39 is 0 Å². The van der Waals surface area contributed by atoms with Crippen molar-refractivity contribution in [1.82, 2.24) is 5.32 Å². The van der Waals surface area contributed by atoms with Crippen LogP contribution < -0.4 is 10.1 Å². The Labute approximate surface area is 112 Å². The number of nitrogens with one attached hydrogen (secondary N) is 1. The number of hydrogen-bond donors (Lipinski definition) is 1. The van der Waals surface area contributed by atoms with Gasteiger partial charge in [0.25, 0.3) is 0 Å². The van der Waals surface area contributed by atoms with Gasteiger partial charge in [-0.3, -0.25) is 0 Å². The summed E-state index contributed by atoms with van der Waals surface area (Å²) in [6.07, 6.45) is 1.29. The van der Waals surface area contributed by atoms with Crippen LogP contribution >= 0.6 is 0 Å². The second kappa shape index (κ2) is 6.24. The molecule has 0 amide bonds. The Hall–Kier alpha value is -1.02. The van der Waals surface area contributed by atoms with E-state index in [4.69, 9.17) is 4.74 Å². The summed E-state index contributed by atoms with van der Waals surface area (Å²) >= 11 is 0. The maximum absolute atomic E-state index is 6.05. The van der Waals surface area contributed by atoms with E-state index in [0.717, 1.165) is 18.7 Å². The monoisotopic (exact) mass is 249 g/mol. The van der Waals surface area contributed by atoms with Crippen molar-refractivity contribution in [2.24, 2.45) is 0 Å². The molecule has 1 unspecified atom stereocenters. The van der Waals surface area contributed by atoms with Gasteiger partial charge in [0.15, 0.2) is 0 Å². The average Bonchev–Trinajstić information content (AvgIpc) is 2.32. The fourth-order valence-corrected chi connectivity index (χ4v) is 1.77. The van der Waals surface area contributed by atoms with Crippen molar-refractivity contribution in [3.63, 3.8) is 0 Å². The van der Waals surface area contributed by atoms with E-state index >= 15 is 0 Å². The number of ether oxygens (including phenoxy) is 1. The number of benzene rings is 1. The number of rotatable bonds is 6. The summed E-state index contributed by atoms with van der Waals surface area (Å²) in [6.45, 7) is 13.8. The molecule has 0 aliphatic carbocycles. The van der Waals surface area contributed by atoms with Crippen LogP contribution in [0.25, 0.3) is 0 Å². The van der Waals surface area contributed by atoms with E-state index in [0.29, 0.717) is 0 Å². The van der Waals surface area contributed by atoms with Crippen molar-refractivity contribution in [2.45, 2.75) is 59.6 Å². The van der Waals surface area contributed by atoms with Crippen molar-refractivity contribution < 1.29 is 4.74 Å². The lowest BCUT2D eigenvalue weighted by atomic mass is 10.0. The molecule has 0 spiro atoms. The highest BCUT2D eigenvalue weighted by molar-refractivity contribution is 5.39. The molecule has 1 N–H and O–H groups in total. The maximum Gasteiger partial charge on any atom is 0.125 e. The summed E-state index contributed by atoms with van der Waals surface area (Å²) in [5.74, 6) is 1.03. The third-order valence-corrected chi connectivity index (χ3v) is 3.48. The summed E-state index contributed by atoms with van der Waals surface area (Å²) in [4.78, 5) is 0. The van der Waals surface area contributed by atoms with Gasteiger partial charge in [0.1, 0.15) is 11.9 Å². The molecule has 1 aromatic rings. The molecule has 18 heavy (non-hydrogen) atoms. The van der Waals surface area contributed by atoms with Crippen molar-refractivity contribution in [3.8, 4) is 5.75 Å². The molecule has 0 bridgehead atoms. The van der Waals surface area contributed by atoms with Gasteiger partial charge in [-0.05, 0) is 52.2 Å². The number of para-hydroxylation sites is 1. The Kier molecular flexibility index (Phi) is 5.21. The third-order valence-electron chi connectivity index (χ3n) is 3.48. The molecular formula is C16H27NO. The van der Waals surface area contributed by atoms with Gasteiger partial charge in [0, 0.05) is 12.1 Å². The van der Waals surface area contributed by atoms with E-state index in [2.05, 4.69) is 65.1 Å². The third kappa shape index (κ3) is 4.34. The van der Waals surface area contributed by atoms with Crippen LogP contribution in [-0.4, -0.2) is 18.2 Å². The first kappa shape index (κ1) is 15.0. The molecule has 0 aliphatic rings. The molecule has 0 aliphatic heterocycles. The molecule has 2 nitrogen and oxygen atoms in total. The van der Waals surface area contributed by atoms with E-state index in [1.54, 1.807) is 0 Å². The Morgan fingerprint density at radius 2 is 1.78 bits per heavy atom. The molecule has 2 heteroatoms. The van der Waals surface area contributed by atoms with Gasteiger partial charge >= 0.3 is 0 Å². The van der Waals surface area contributed by atoms with Crippen LogP contribution in [0.4, 0.5) is 0 Å². The van der Waals surface area contributed by atoms with Gasteiger partial charge in [0.05, 0.1) is 0 Å². The van der Waals surface area contributed by atoms with Crippen LogP contribution in [0.5, 0.6) is 5.75 Å². The first-order chi connectivity index (χ1) is 8.35. The first-order valence-electron chi connectivity index (χ1n) is 6.83. The highest BCUT2D eigenvalue weighted by Crippen LogP contribution is 2.23. The summed E-state index contributed by atoms with van der Waals surface area (Å²) in [7, 11) is 0. The van der Waals surface area contributed by atoms with E-state index in [-0.39, 0.29) is 11.6 Å². The Morgan fingerprint density at radius 1 is 1.22 bits per heavy atom. The minimum atomic E-state index is 0.177. The quantitative estimate of drug-likeness (QED) is 0.827. The lowest BCUT2D eigenvalue weighted by molar-refractivity contribution is 0.196. The lowest BCUT2D eigenvalue weighted by Crippen LogP contribution is -2.43. The largest absolute Gasteiger partial charge is 0.489 e.